The summed E-state index contributed by atoms with van der Waals surface area (Å²) < 4.78 is 2.64. The van der Waals surface area contributed by atoms with Gasteiger partial charge in [-0.15, -0.1) is 0 Å². The number of thioether (sulfide) groups is 1. The number of carbonyl (C=O) groups is 1. The van der Waals surface area contributed by atoms with Gasteiger partial charge in [0.25, 0.3) is 5.56 Å². The highest BCUT2D eigenvalue weighted by Crippen LogP contribution is 2.30. The second kappa shape index (κ2) is 9.32. The topological polar surface area (TPSA) is 90.1 Å². The highest BCUT2D eigenvalue weighted by molar-refractivity contribution is 8.00. The molecule has 0 radical (unpaired) electrons. The van der Waals surface area contributed by atoms with Gasteiger partial charge in [0.1, 0.15) is 16.2 Å². The van der Waals surface area contributed by atoms with Crippen LogP contribution < -0.4 is 11.2 Å². The Morgan fingerprint density at radius 3 is 2.57 bits per heavy atom. The van der Waals surface area contributed by atoms with E-state index in [1.807, 2.05) is 18.7 Å². The normalized spacial score (nSPS) is 13.9. The Morgan fingerprint density at radius 1 is 1.27 bits per heavy atom. The predicted octanol–water partition coefficient (Wildman–Crippen LogP) is 2.20. The lowest BCUT2D eigenvalue weighted by Gasteiger charge is -2.22. The largest absolute Gasteiger partial charge is 0.342 e. The third kappa shape index (κ3) is 4.94. The summed E-state index contributed by atoms with van der Waals surface area (Å²) in [5, 5.41) is 0.775. The summed E-state index contributed by atoms with van der Waals surface area (Å²) in [6.07, 6.45) is 3.31. The van der Waals surface area contributed by atoms with Crippen molar-refractivity contribution in [2.24, 2.45) is 18.9 Å². The van der Waals surface area contributed by atoms with E-state index in [2.05, 4.69) is 16.9 Å². The number of hydrogen-bond acceptors (Lipinski definition) is 6. The lowest BCUT2D eigenvalue weighted by Crippen LogP contribution is -2.39. The molecule has 0 atom stereocenters. The number of aromatic nitrogens is 4. The summed E-state index contributed by atoms with van der Waals surface area (Å²) in [7, 11) is 1.47. The maximum atomic E-state index is 12.9. The molecule has 2 aromatic rings. The van der Waals surface area contributed by atoms with Crippen LogP contribution in [0.1, 0.15) is 45.9 Å². The zero-order valence-corrected chi connectivity index (χ0v) is 19.3. The minimum Gasteiger partial charge on any atom is -0.342 e. The van der Waals surface area contributed by atoms with Gasteiger partial charge in [-0.2, -0.15) is 0 Å². The molecule has 1 amide bonds. The molecule has 8 nitrogen and oxygen atoms in total. The quantitative estimate of drug-likeness (QED) is 0.445. The van der Waals surface area contributed by atoms with Crippen LogP contribution in [-0.2, 0) is 18.4 Å². The van der Waals surface area contributed by atoms with Crippen molar-refractivity contribution in [3.63, 3.8) is 0 Å². The maximum absolute atomic E-state index is 12.9. The summed E-state index contributed by atoms with van der Waals surface area (Å²) in [6.45, 7) is 9.83. The van der Waals surface area contributed by atoms with Crippen molar-refractivity contribution in [3.05, 3.63) is 26.7 Å². The highest BCUT2D eigenvalue weighted by atomic mass is 32.2. The first-order chi connectivity index (χ1) is 14.2. The van der Waals surface area contributed by atoms with Crippen LogP contribution in [0.25, 0.3) is 11.0 Å². The van der Waals surface area contributed by atoms with Crippen LogP contribution in [0.3, 0.4) is 0 Å². The van der Waals surface area contributed by atoms with Gasteiger partial charge in [0.15, 0.2) is 5.65 Å². The number of aryl methyl sites for hydroxylation is 1. The smallest absolute Gasteiger partial charge is 0.332 e. The first-order valence-corrected chi connectivity index (χ1v) is 11.6. The van der Waals surface area contributed by atoms with Crippen molar-refractivity contribution in [3.8, 4) is 0 Å². The zero-order chi connectivity index (χ0) is 22.0. The molecule has 30 heavy (non-hydrogen) atoms. The van der Waals surface area contributed by atoms with Crippen LogP contribution in [0.2, 0.25) is 0 Å². The summed E-state index contributed by atoms with van der Waals surface area (Å²) >= 11 is 1.26. The van der Waals surface area contributed by atoms with Crippen molar-refractivity contribution in [2.45, 2.75) is 58.5 Å². The van der Waals surface area contributed by atoms with E-state index in [-0.39, 0.29) is 23.3 Å². The summed E-state index contributed by atoms with van der Waals surface area (Å²) in [5.41, 5.74) is -0.458. The molecule has 164 valence electrons. The lowest BCUT2D eigenvalue weighted by atomic mass is 10.2. The van der Waals surface area contributed by atoms with E-state index >= 15 is 0 Å². The molecule has 1 fully saturated rings. The highest BCUT2D eigenvalue weighted by Gasteiger charge is 2.27. The molecule has 0 spiro atoms. The fourth-order valence-electron chi connectivity index (χ4n) is 3.50. The summed E-state index contributed by atoms with van der Waals surface area (Å²) in [5.74, 6) is 1.59. The fraction of sp³-hybridized carbons (Fsp3) is 0.667. The lowest BCUT2D eigenvalue weighted by molar-refractivity contribution is -0.128. The van der Waals surface area contributed by atoms with Crippen LogP contribution in [-0.4, -0.2) is 48.8 Å². The molecular formula is C21H31N5O3S. The predicted molar refractivity (Wildman–Crippen MR) is 119 cm³/mol. The first-order valence-electron chi connectivity index (χ1n) is 10.6. The third-order valence-corrected chi connectivity index (χ3v) is 6.12. The van der Waals surface area contributed by atoms with E-state index < -0.39 is 5.56 Å². The molecule has 0 bridgehead atoms. The number of carbonyl (C=O) groups excluding carboxylic acids is 1. The average Bonchev–Trinajstić information content (AvgIpc) is 3.50. The molecular weight excluding hydrogens is 402 g/mol. The average molecular weight is 434 g/mol. The summed E-state index contributed by atoms with van der Waals surface area (Å²) in [6, 6.07) is 0. The Labute approximate surface area is 180 Å². The fourth-order valence-corrected chi connectivity index (χ4v) is 4.46. The Morgan fingerprint density at radius 2 is 1.97 bits per heavy atom. The van der Waals surface area contributed by atoms with Crippen molar-refractivity contribution in [2.75, 3.05) is 18.8 Å². The second-order valence-corrected chi connectivity index (χ2v) is 9.46. The van der Waals surface area contributed by atoms with Crippen LogP contribution in [0.15, 0.2) is 14.6 Å². The number of hydrogen-bond donors (Lipinski definition) is 0. The van der Waals surface area contributed by atoms with Crippen LogP contribution in [0, 0.1) is 18.8 Å². The van der Waals surface area contributed by atoms with E-state index in [1.54, 1.807) is 11.5 Å². The van der Waals surface area contributed by atoms with Gasteiger partial charge in [-0.25, -0.2) is 14.8 Å². The number of amides is 1. The second-order valence-electron chi connectivity index (χ2n) is 8.50. The Kier molecular flexibility index (Phi) is 7.00. The van der Waals surface area contributed by atoms with Crippen LogP contribution in [0.4, 0.5) is 0 Å². The third-order valence-electron chi connectivity index (χ3n) is 5.16. The van der Waals surface area contributed by atoms with E-state index in [9.17, 15) is 14.4 Å². The van der Waals surface area contributed by atoms with E-state index in [0.29, 0.717) is 34.3 Å². The summed E-state index contributed by atoms with van der Waals surface area (Å²) in [4.78, 5) is 49.2. The zero-order valence-electron chi connectivity index (χ0n) is 18.5. The molecule has 3 rings (SSSR count). The standard InChI is InChI=1S/C21H31N5O3S/c1-6-9-25(11-15-7-8-15)16(27)12-30-19-17-18(22-14(4)23-19)26(10-13(2)3)21(29)24(5)20(17)28/h13,15H,6-12H2,1-5H3. The van der Waals surface area contributed by atoms with Crippen molar-refractivity contribution in [1.82, 2.24) is 24.0 Å². The van der Waals surface area contributed by atoms with Gasteiger partial charge in [0.05, 0.1) is 5.75 Å². The van der Waals surface area contributed by atoms with Gasteiger partial charge < -0.3 is 4.90 Å². The molecule has 2 aromatic heterocycles. The van der Waals surface area contributed by atoms with E-state index in [1.165, 1.54) is 31.7 Å². The van der Waals surface area contributed by atoms with Gasteiger partial charge in [-0.05, 0) is 38.0 Å². The maximum Gasteiger partial charge on any atom is 0.332 e. The van der Waals surface area contributed by atoms with E-state index in [4.69, 9.17) is 0 Å². The van der Waals surface area contributed by atoms with Gasteiger partial charge in [0, 0.05) is 26.7 Å². The van der Waals surface area contributed by atoms with Crippen molar-refractivity contribution < 1.29 is 4.79 Å². The van der Waals surface area contributed by atoms with Gasteiger partial charge in [-0.3, -0.25) is 18.7 Å². The molecule has 0 aromatic carbocycles. The van der Waals surface area contributed by atoms with Crippen LogP contribution in [0.5, 0.6) is 0 Å². The number of nitrogens with zero attached hydrogens (tertiary/aromatic N) is 5. The number of fused-ring (bicyclic) bond motifs is 1. The SMILES string of the molecule is CCCN(CC1CC1)C(=O)CSc1nc(C)nc2c1c(=O)n(C)c(=O)n2CC(C)C. The minimum atomic E-state index is -0.423. The van der Waals surface area contributed by atoms with Gasteiger partial charge >= 0.3 is 5.69 Å². The van der Waals surface area contributed by atoms with E-state index in [0.717, 1.165) is 24.1 Å². The van der Waals surface area contributed by atoms with Gasteiger partial charge in [-0.1, -0.05) is 32.5 Å². The number of rotatable bonds is 9. The minimum absolute atomic E-state index is 0.0606. The van der Waals surface area contributed by atoms with Crippen molar-refractivity contribution >= 4 is 28.7 Å². The molecule has 0 saturated heterocycles. The molecule has 1 aliphatic rings. The Balaban J connectivity index is 1.97. The van der Waals surface area contributed by atoms with Crippen molar-refractivity contribution in [1.29, 1.82) is 0 Å². The Bertz CT molecular complexity index is 1060. The molecule has 1 saturated carbocycles. The molecule has 0 aliphatic heterocycles. The molecule has 2 heterocycles. The first kappa shape index (κ1) is 22.5. The van der Waals surface area contributed by atoms with Gasteiger partial charge in [0.2, 0.25) is 5.91 Å². The molecule has 0 unspecified atom stereocenters. The molecule has 9 heteroatoms. The Hall–Kier alpha value is -2.16. The molecule has 1 aliphatic carbocycles. The monoisotopic (exact) mass is 433 g/mol. The van der Waals surface area contributed by atoms with Crippen LogP contribution >= 0.6 is 11.8 Å². The molecule has 0 N–H and O–H groups in total.